The fourth-order valence-electron chi connectivity index (χ4n) is 4.41. The molecule has 1 amide bonds. The van der Waals surface area contributed by atoms with Crippen LogP contribution in [0, 0.1) is 5.92 Å². The summed E-state index contributed by atoms with van der Waals surface area (Å²) in [5, 5.41) is 17.3. The van der Waals surface area contributed by atoms with Gasteiger partial charge >= 0.3 is 0 Å². The molecule has 4 rings (SSSR count). The topological polar surface area (TPSA) is 70.6 Å². The lowest BCUT2D eigenvalue weighted by Crippen LogP contribution is -2.32. The van der Waals surface area contributed by atoms with Gasteiger partial charge in [-0.25, -0.2) is 0 Å². The largest absolute Gasteiger partial charge is 0.504 e. The number of para-hydroxylation sites is 2. The van der Waals surface area contributed by atoms with Gasteiger partial charge in [-0.05, 0) is 36.5 Å². The summed E-state index contributed by atoms with van der Waals surface area (Å²) in [7, 11) is 1.55. The molecule has 5 nitrogen and oxygen atoms in total. The Morgan fingerprint density at radius 1 is 1.25 bits per heavy atom. The first-order valence-corrected chi connectivity index (χ1v) is 9.85. The van der Waals surface area contributed by atoms with Crippen LogP contribution in [0.15, 0.2) is 48.6 Å². The van der Waals surface area contributed by atoms with Crippen LogP contribution < -0.4 is 15.4 Å². The Labute approximate surface area is 165 Å². The number of allylic oxidation sites excluding steroid dienone is 2. The molecule has 146 valence electrons. The van der Waals surface area contributed by atoms with E-state index >= 15 is 0 Å². The molecule has 5 heteroatoms. The van der Waals surface area contributed by atoms with E-state index in [4.69, 9.17) is 4.74 Å². The highest BCUT2D eigenvalue weighted by molar-refractivity contribution is 6.00. The summed E-state index contributed by atoms with van der Waals surface area (Å²) >= 11 is 0. The number of methoxy groups -OCH3 is 1. The fourth-order valence-corrected chi connectivity index (χ4v) is 4.41. The highest BCUT2D eigenvalue weighted by Gasteiger charge is 2.40. The van der Waals surface area contributed by atoms with Crippen LogP contribution in [-0.2, 0) is 0 Å². The van der Waals surface area contributed by atoms with Gasteiger partial charge in [-0.1, -0.05) is 43.3 Å². The van der Waals surface area contributed by atoms with Gasteiger partial charge in [0.15, 0.2) is 11.5 Å². The van der Waals surface area contributed by atoms with Crippen LogP contribution in [0.2, 0.25) is 0 Å². The van der Waals surface area contributed by atoms with Crippen LogP contribution in [0.1, 0.15) is 53.2 Å². The molecule has 2 aromatic carbocycles. The van der Waals surface area contributed by atoms with Crippen LogP contribution in [0.3, 0.4) is 0 Å². The zero-order valence-electron chi connectivity index (χ0n) is 16.2. The number of rotatable bonds is 5. The molecule has 0 saturated carbocycles. The zero-order chi connectivity index (χ0) is 19.7. The van der Waals surface area contributed by atoms with Crippen LogP contribution in [0.25, 0.3) is 0 Å². The van der Waals surface area contributed by atoms with Crippen LogP contribution in [0.5, 0.6) is 11.5 Å². The molecule has 0 saturated heterocycles. The van der Waals surface area contributed by atoms with Gasteiger partial charge in [-0.15, -0.1) is 0 Å². The van der Waals surface area contributed by atoms with Gasteiger partial charge in [0, 0.05) is 18.0 Å². The fraction of sp³-hybridized carbons (Fsp3) is 0.348. The van der Waals surface area contributed by atoms with Crippen molar-refractivity contribution < 1.29 is 14.6 Å². The maximum absolute atomic E-state index is 12.7. The molecule has 0 bridgehead atoms. The van der Waals surface area contributed by atoms with Crippen molar-refractivity contribution in [3.63, 3.8) is 0 Å². The summed E-state index contributed by atoms with van der Waals surface area (Å²) in [5.41, 5.74) is 3.45. The summed E-state index contributed by atoms with van der Waals surface area (Å²) in [6, 6.07) is 11.4. The highest BCUT2D eigenvalue weighted by Crippen LogP contribution is 2.52. The first kappa shape index (κ1) is 18.4. The Bertz CT molecular complexity index is 922. The lowest BCUT2D eigenvalue weighted by atomic mass is 9.76. The second-order valence-corrected chi connectivity index (χ2v) is 7.40. The normalized spacial score (nSPS) is 22.1. The van der Waals surface area contributed by atoms with E-state index < -0.39 is 0 Å². The molecule has 0 fully saturated rings. The van der Waals surface area contributed by atoms with Crippen molar-refractivity contribution in [2.24, 2.45) is 5.92 Å². The lowest BCUT2D eigenvalue weighted by Gasteiger charge is -2.38. The van der Waals surface area contributed by atoms with Crippen LogP contribution in [-0.4, -0.2) is 24.7 Å². The Morgan fingerprint density at radius 3 is 2.82 bits per heavy atom. The third kappa shape index (κ3) is 3.01. The minimum absolute atomic E-state index is 0.0692. The number of ether oxygens (including phenoxy) is 1. The van der Waals surface area contributed by atoms with E-state index in [0.717, 1.165) is 29.7 Å². The summed E-state index contributed by atoms with van der Waals surface area (Å²) in [6.07, 6.45) is 6.23. The number of phenolic OH excluding ortho intramolecular Hbond substituents is 1. The number of hydrogen-bond acceptors (Lipinski definition) is 4. The molecule has 1 aliphatic heterocycles. The van der Waals surface area contributed by atoms with E-state index in [2.05, 4.69) is 28.9 Å². The minimum Gasteiger partial charge on any atom is -0.504 e. The summed E-state index contributed by atoms with van der Waals surface area (Å²) in [6.45, 7) is 2.68. The van der Waals surface area contributed by atoms with Crippen molar-refractivity contribution in [2.45, 2.75) is 31.7 Å². The summed E-state index contributed by atoms with van der Waals surface area (Å²) < 4.78 is 5.31. The number of hydrogen-bond donors (Lipinski definition) is 3. The van der Waals surface area contributed by atoms with E-state index in [-0.39, 0.29) is 29.5 Å². The molecule has 2 aliphatic rings. The third-order valence-corrected chi connectivity index (χ3v) is 5.76. The number of amides is 1. The van der Waals surface area contributed by atoms with Gasteiger partial charge in [0.25, 0.3) is 5.91 Å². The maximum Gasteiger partial charge on any atom is 0.253 e. The molecular weight excluding hydrogens is 352 g/mol. The second-order valence-electron chi connectivity index (χ2n) is 7.40. The molecular formula is C23H26N2O3. The van der Waals surface area contributed by atoms with Crippen molar-refractivity contribution in [1.82, 2.24) is 5.32 Å². The molecule has 1 heterocycles. The monoisotopic (exact) mass is 378 g/mol. The molecule has 3 N–H and O–H groups in total. The first-order valence-electron chi connectivity index (χ1n) is 9.85. The van der Waals surface area contributed by atoms with Crippen molar-refractivity contribution >= 4 is 11.6 Å². The molecule has 1 aliphatic carbocycles. The smallest absolute Gasteiger partial charge is 0.253 e. The molecule has 0 spiro atoms. The molecule has 28 heavy (non-hydrogen) atoms. The van der Waals surface area contributed by atoms with E-state index in [1.807, 2.05) is 31.2 Å². The molecule has 0 radical (unpaired) electrons. The second kappa shape index (κ2) is 7.58. The molecule has 3 atom stereocenters. The number of phenols is 1. The standard InChI is InChI=1S/C23H26N2O3/c1-3-13-24-23(27)18-11-5-9-16-14-7-4-8-15(14)20(25-21(16)18)17-10-6-12-19(28-2)22(17)26/h4-7,9-12,14-15,20,25-26H,3,8,13H2,1-2H3,(H,24,27). The molecule has 0 aromatic heterocycles. The van der Waals surface area contributed by atoms with Gasteiger partial charge in [-0.3, -0.25) is 4.79 Å². The van der Waals surface area contributed by atoms with Gasteiger partial charge < -0.3 is 20.5 Å². The van der Waals surface area contributed by atoms with E-state index in [1.165, 1.54) is 0 Å². The predicted molar refractivity (Wildman–Crippen MR) is 110 cm³/mol. The summed E-state index contributed by atoms with van der Waals surface area (Å²) in [4.78, 5) is 12.7. The van der Waals surface area contributed by atoms with Crippen molar-refractivity contribution in [3.05, 3.63) is 65.2 Å². The predicted octanol–water partition coefficient (Wildman–Crippen LogP) is 4.37. The molecule has 3 unspecified atom stereocenters. The number of carbonyl (C=O) groups excluding carboxylic acids is 1. The van der Waals surface area contributed by atoms with E-state index in [1.54, 1.807) is 13.2 Å². The summed E-state index contributed by atoms with van der Waals surface area (Å²) in [5.74, 6) is 1.04. The van der Waals surface area contributed by atoms with Crippen molar-refractivity contribution in [3.8, 4) is 11.5 Å². The highest BCUT2D eigenvalue weighted by atomic mass is 16.5. The number of nitrogens with one attached hydrogen (secondary N) is 2. The van der Waals surface area contributed by atoms with Crippen molar-refractivity contribution in [2.75, 3.05) is 19.0 Å². The average Bonchev–Trinajstić information content (AvgIpc) is 3.21. The third-order valence-electron chi connectivity index (χ3n) is 5.76. The Kier molecular flexibility index (Phi) is 4.99. The number of aromatic hydroxyl groups is 1. The Hall–Kier alpha value is -2.95. The van der Waals surface area contributed by atoms with Crippen LogP contribution >= 0.6 is 0 Å². The first-order chi connectivity index (χ1) is 13.7. The number of benzene rings is 2. The quantitative estimate of drug-likeness (QED) is 0.676. The number of carbonyl (C=O) groups is 1. The van der Waals surface area contributed by atoms with Gasteiger partial charge in [0.05, 0.1) is 24.4 Å². The SMILES string of the molecule is CCCNC(=O)c1cccc2c1NC(c1cccc(OC)c1O)C1CC=CC21. The van der Waals surface area contributed by atoms with Crippen LogP contribution in [0.4, 0.5) is 5.69 Å². The number of anilines is 1. The van der Waals surface area contributed by atoms with Gasteiger partial charge in [0.2, 0.25) is 0 Å². The average molecular weight is 378 g/mol. The van der Waals surface area contributed by atoms with E-state index in [9.17, 15) is 9.90 Å². The van der Waals surface area contributed by atoms with Crippen molar-refractivity contribution in [1.29, 1.82) is 0 Å². The Balaban J connectivity index is 1.78. The maximum atomic E-state index is 12.7. The lowest BCUT2D eigenvalue weighted by molar-refractivity contribution is 0.0954. The van der Waals surface area contributed by atoms with Gasteiger partial charge in [0.1, 0.15) is 0 Å². The number of fused-ring (bicyclic) bond motifs is 3. The van der Waals surface area contributed by atoms with Gasteiger partial charge in [-0.2, -0.15) is 0 Å². The zero-order valence-corrected chi connectivity index (χ0v) is 16.2. The van der Waals surface area contributed by atoms with E-state index in [0.29, 0.717) is 17.9 Å². The minimum atomic E-state index is -0.109. The Morgan fingerprint density at radius 2 is 2.04 bits per heavy atom. The molecule has 2 aromatic rings.